The van der Waals surface area contributed by atoms with Crippen molar-refractivity contribution in [3.05, 3.63) is 42.7 Å². The monoisotopic (exact) mass is 169 g/mol. The summed E-state index contributed by atoms with van der Waals surface area (Å²) in [5.41, 5.74) is 2.03. The normalized spacial score (nSPS) is 9.46. The quantitative estimate of drug-likeness (QED) is 0.654. The molecule has 0 aliphatic rings. The fourth-order valence-electron chi connectivity index (χ4n) is 1.16. The molecule has 3 nitrogen and oxygen atoms in total. The van der Waals surface area contributed by atoms with E-state index in [2.05, 4.69) is 5.10 Å². The van der Waals surface area contributed by atoms with Gasteiger partial charge in [-0.15, -0.1) is 0 Å². The molecule has 1 aromatic carbocycles. The van der Waals surface area contributed by atoms with Crippen LogP contribution in [0.25, 0.3) is 11.1 Å². The summed E-state index contributed by atoms with van der Waals surface area (Å²) in [7, 11) is 0. The molecular weight excluding hydrogens is 162 g/mol. The molecule has 0 amide bonds. The Hall–Kier alpha value is -2.08. The summed E-state index contributed by atoms with van der Waals surface area (Å²) in [6, 6.07) is 9.84. The van der Waals surface area contributed by atoms with Crippen LogP contribution in [0.4, 0.5) is 0 Å². The molecule has 0 aliphatic carbocycles. The minimum absolute atomic E-state index is 0.960. The summed E-state index contributed by atoms with van der Waals surface area (Å²) >= 11 is 0. The minimum Gasteiger partial charge on any atom is -0.174 e. The van der Waals surface area contributed by atoms with E-state index in [0.717, 1.165) is 11.1 Å². The zero-order valence-corrected chi connectivity index (χ0v) is 6.88. The molecule has 0 N–H and O–H groups in total. The van der Waals surface area contributed by atoms with Gasteiger partial charge in [0.2, 0.25) is 6.19 Å². The van der Waals surface area contributed by atoms with Crippen LogP contribution in [0.2, 0.25) is 0 Å². The van der Waals surface area contributed by atoms with Gasteiger partial charge in [-0.2, -0.15) is 15.0 Å². The van der Waals surface area contributed by atoms with Crippen molar-refractivity contribution in [3.63, 3.8) is 0 Å². The van der Waals surface area contributed by atoms with Gasteiger partial charge < -0.3 is 0 Å². The maximum Gasteiger partial charge on any atom is 0.206 e. The number of hydrogen-bond donors (Lipinski definition) is 0. The van der Waals surface area contributed by atoms with Crippen molar-refractivity contribution in [2.45, 2.75) is 0 Å². The standard InChI is InChI=1S/C10H7N3/c11-8-13-7-10(6-12-13)9-4-2-1-3-5-9/h1-7H. The molecule has 0 saturated carbocycles. The van der Waals surface area contributed by atoms with Crippen LogP contribution in [0.1, 0.15) is 0 Å². The van der Waals surface area contributed by atoms with Gasteiger partial charge in [0.25, 0.3) is 0 Å². The minimum atomic E-state index is 0.960. The average Bonchev–Trinajstić information content (AvgIpc) is 2.67. The van der Waals surface area contributed by atoms with Crippen molar-refractivity contribution < 1.29 is 0 Å². The first-order valence-electron chi connectivity index (χ1n) is 3.90. The summed E-state index contributed by atoms with van der Waals surface area (Å²) in [5.74, 6) is 0. The molecular formula is C10H7N3. The fourth-order valence-corrected chi connectivity index (χ4v) is 1.16. The highest BCUT2D eigenvalue weighted by molar-refractivity contribution is 5.61. The van der Waals surface area contributed by atoms with Gasteiger partial charge in [0.1, 0.15) is 0 Å². The van der Waals surface area contributed by atoms with Crippen molar-refractivity contribution >= 4 is 0 Å². The number of rotatable bonds is 1. The van der Waals surface area contributed by atoms with E-state index in [1.54, 1.807) is 12.4 Å². The Bertz CT molecular complexity index is 437. The second-order valence-electron chi connectivity index (χ2n) is 2.64. The molecule has 62 valence electrons. The van der Waals surface area contributed by atoms with Crippen LogP contribution in [0.3, 0.4) is 0 Å². The molecule has 2 aromatic rings. The van der Waals surface area contributed by atoms with Gasteiger partial charge in [-0.25, -0.2) is 0 Å². The van der Waals surface area contributed by atoms with Crippen molar-refractivity contribution in [2.24, 2.45) is 0 Å². The zero-order valence-electron chi connectivity index (χ0n) is 6.88. The summed E-state index contributed by atoms with van der Waals surface area (Å²) in [6.45, 7) is 0. The molecule has 2 rings (SSSR count). The molecule has 3 heteroatoms. The van der Waals surface area contributed by atoms with Crippen LogP contribution in [0.15, 0.2) is 42.7 Å². The van der Waals surface area contributed by atoms with Gasteiger partial charge in [0, 0.05) is 11.8 Å². The third-order valence-electron chi connectivity index (χ3n) is 1.79. The third-order valence-corrected chi connectivity index (χ3v) is 1.79. The van der Waals surface area contributed by atoms with E-state index in [1.165, 1.54) is 4.68 Å². The Morgan fingerprint density at radius 2 is 1.92 bits per heavy atom. The van der Waals surface area contributed by atoms with Gasteiger partial charge >= 0.3 is 0 Å². The van der Waals surface area contributed by atoms with Gasteiger partial charge in [-0.05, 0) is 5.56 Å². The first-order chi connectivity index (χ1) is 6.40. The smallest absolute Gasteiger partial charge is 0.174 e. The van der Waals surface area contributed by atoms with Crippen LogP contribution in [-0.4, -0.2) is 9.78 Å². The second kappa shape index (κ2) is 3.11. The van der Waals surface area contributed by atoms with Crippen molar-refractivity contribution in [2.75, 3.05) is 0 Å². The van der Waals surface area contributed by atoms with E-state index >= 15 is 0 Å². The van der Waals surface area contributed by atoms with E-state index in [-0.39, 0.29) is 0 Å². The maximum absolute atomic E-state index is 8.55. The van der Waals surface area contributed by atoms with Gasteiger partial charge in [0.15, 0.2) is 0 Å². The molecule has 0 unspecified atom stereocenters. The molecule has 0 fully saturated rings. The molecule has 13 heavy (non-hydrogen) atoms. The third kappa shape index (κ3) is 1.42. The number of nitriles is 1. The van der Waals surface area contributed by atoms with E-state index in [0.29, 0.717) is 0 Å². The van der Waals surface area contributed by atoms with Crippen LogP contribution in [0, 0.1) is 11.5 Å². The van der Waals surface area contributed by atoms with Crippen LogP contribution >= 0.6 is 0 Å². The predicted octanol–water partition coefficient (Wildman–Crippen LogP) is 1.88. The van der Waals surface area contributed by atoms with Crippen molar-refractivity contribution in [1.82, 2.24) is 9.78 Å². The Labute approximate surface area is 75.9 Å². The second-order valence-corrected chi connectivity index (χ2v) is 2.64. The number of benzene rings is 1. The Morgan fingerprint density at radius 1 is 1.15 bits per heavy atom. The van der Waals surface area contributed by atoms with Gasteiger partial charge in [-0.1, -0.05) is 30.3 Å². The number of aromatic nitrogens is 2. The fraction of sp³-hybridized carbons (Fsp3) is 0. The molecule has 0 bridgehead atoms. The lowest BCUT2D eigenvalue weighted by atomic mass is 10.1. The number of hydrogen-bond acceptors (Lipinski definition) is 2. The topological polar surface area (TPSA) is 41.6 Å². The Kier molecular flexibility index (Phi) is 1.81. The summed E-state index contributed by atoms with van der Waals surface area (Å²) in [4.78, 5) is 0. The first-order valence-corrected chi connectivity index (χ1v) is 3.90. The maximum atomic E-state index is 8.55. The molecule has 1 aromatic heterocycles. The number of nitrogens with zero attached hydrogens (tertiary/aromatic N) is 3. The molecule has 0 atom stereocenters. The van der Waals surface area contributed by atoms with Crippen LogP contribution < -0.4 is 0 Å². The van der Waals surface area contributed by atoms with Crippen molar-refractivity contribution in [1.29, 1.82) is 5.26 Å². The SMILES string of the molecule is N#Cn1cc(-c2ccccc2)cn1. The van der Waals surface area contributed by atoms with E-state index in [4.69, 9.17) is 5.26 Å². The van der Waals surface area contributed by atoms with E-state index in [1.807, 2.05) is 36.5 Å². The summed E-state index contributed by atoms with van der Waals surface area (Å²) in [6.07, 6.45) is 5.31. The van der Waals surface area contributed by atoms with Crippen LogP contribution in [-0.2, 0) is 0 Å². The van der Waals surface area contributed by atoms with E-state index < -0.39 is 0 Å². The highest BCUT2D eigenvalue weighted by Gasteiger charge is 1.98. The lowest BCUT2D eigenvalue weighted by Crippen LogP contribution is -1.84. The Morgan fingerprint density at radius 3 is 2.54 bits per heavy atom. The first kappa shape index (κ1) is 7.56. The van der Waals surface area contributed by atoms with E-state index in [9.17, 15) is 0 Å². The molecule has 0 radical (unpaired) electrons. The largest absolute Gasteiger partial charge is 0.206 e. The highest BCUT2D eigenvalue weighted by atomic mass is 15.3. The Balaban J connectivity index is 2.43. The zero-order chi connectivity index (χ0) is 9.10. The lowest BCUT2D eigenvalue weighted by molar-refractivity contribution is 0.898. The van der Waals surface area contributed by atoms with Crippen molar-refractivity contribution in [3.8, 4) is 17.3 Å². The van der Waals surface area contributed by atoms with Gasteiger partial charge in [0.05, 0.1) is 6.20 Å². The molecule has 0 spiro atoms. The predicted molar refractivity (Wildman–Crippen MR) is 48.7 cm³/mol. The van der Waals surface area contributed by atoms with Gasteiger partial charge in [-0.3, -0.25) is 0 Å². The van der Waals surface area contributed by atoms with Crippen LogP contribution in [0.5, 0.6) is 0 Å². The lowest BCUT2D eigenvalue weighted by Gasteiger charge is -1.92. The molecule has 0 saturated heterocycles. The molecule has 0 aliphatic heterocycles. The highest BCUT2D eigenvalue weighted by Crippen LogP contribution is 2.16. The average molecular weight is 169 g/mol. The summed E-state index contributed by atoms with van der Waals surface area (Å²) < 4.78 is 1.24. The molecule has 1 heterocycles. The summed E-state index contributed by atoms with van der Waals surface area (Å²) in [5, 5.41) is 12.4.